The molecule has 0 saturated carbocycles. The highest BCUT2D eigenvalue weighted by molar-refractivity contribution is 9.10. The molecule has 0 heterocycles. The van der Waals surface area contributed by atoms with Crippen molar-refractivity contribution in [3.63, 3.8) is 0 Å². The fraction of sp³-hybridized carbons (Fsp3) is 0.250. The van der Waals surface area contributed by atoms with E-state index in [1.54, 1.807) is 14.2 Å². The first-order chi connectivity index (χ1) is 10.1. The molecule has 0 fully saturated rings. The second-order valence-corrected chi connectivity index (χ2v) is 5.42. The molecular formula is C16H17BrFNO2. The van der Waals surface area contributed by atoms with Gasteiger partial charge in [0.2, 0.25) is 0 Å². The Hall–Kier alpha value is -1.59. The summed E-state index contributed by atoms with van der Waals surface area (Å²) < 4.78 is 25.2. The summed E-state index contributed by atoms with van der Waals surface area (Å²) >= 11 is 3.32. The standard InChI is InChI=1S/C16H17BrFNO2/c1-19-16(10-7-11(17)9-12(18)8-10)15-13(20-2)5-4-6-14(15)21-3/h4-9,16,19H,1-3H3. The van der Waals surface area contributed by atoms with Crippen LogP contribution in [0, 0.1) is 5.82 Å². The maximum atomic E-state index is 13.7. The van der Waals surface area contributed by atoms with Crippen molar-refractivity contribution in [2.75, 3.05) is 21.3 Å². The molecule has 2 aromatic carbocycles. The van der Waals surface area contributed by atoms with Crippen LogP contribution in [0.15, 0.2) is 40.9 Å². The van der Waals surface area contributed by atoms with E-state index in [9.17, 15) is 4.39 Å². The second-order valence-electron chi connectivity index (χ2n) is 4.50. The van der Waals surface area contributed by atoms with Gasteiger partial charge < -0.3 is 14.8 Å². The van der Waals surface area contributed by atoms with Crippen molar-refractivity contribution in [2.45, 2.75) is 6.04 Å². The minimum atomic E-state index is -0.298. The fourth-order valence-corrected chi connectivity index (χ4v) is 2.87. The minimum Gasteiger partial charge on any atom is -0.496 e. The Bertz CT molecular complexity index is 591. The van der Waals surface area contributed by atoms with Crippen LogP contribution in [0.5, 0.6) is 11.5 Å². The topological polar surface area (TPSA) is 30.5 Å². The molecule has 0 saturated heterocycles. The largest absolute Gasteiger partial charge is 0.496 e. The van der Waals surface area contributed by atoms with E-state index < -0.39 is 0 Å². The number of nitrogens with one attached hydrogen (secondary N) is 1. The van der Waals surface area contributed by atoms with E-state index in [4.69, 9.17) is 9.47 Å². The van der Waals surface area contributed by atoms with Crippen molar-refractivity contribution >= 4 is 15.9 Å². The number of hydrogen-bond donors (Lipinski definition) is 1. The van der Waals surface area contributed by atoms with Crippen LogP contribution in [0.2, 0.25) is 0 Å². The van der Waals surface area contributed by atoms with Crippen LogP contribution in [0.1, 0.15) is 17.2 Å². The molecule has 0 amide bonds. The zero-order valence-electron chi connectivity index (χ0n) is 12.1. The lowest BCUT2D eigenvalue weighted by molar-refractivity contribution is 0.378. The first-order valence-electron chi connectivity index (χ1n) is 6.44. The van der Waals surface area contributed by atoms with E-state index >= 15 is 0 Å². The van der Waals surface area contributed by atoms with Gasteiger partial charge in [-0.05, 0) is 42.9 Å². The normalized spacial score (nSPS) is 12.0. The van der Waals surface area contributed by atoms with Crippen molar-refractivity contribution in [3.8, 4) is 11.5 Å². The van der Waals surface area contributed by atoms with E-state index in [0.717, 1.165) is 11.1 Å². The van der Waals surface area contributed by atoms with Crippen molar-refractivity contribution in [3.05, 3.63) is 57.8 Å². The summed E-state index contributed by atoms with van der Waals surface area (Å²) in [7, 11) is 5.02. The molecular weight excluding hydrogens is 337 g/mol. The van der Waals surface area contributed by atoms with Gasteiger partial charge in [0.05, 0.1) is 25.8 Å². The van der Waals surface area contributed by atoms with E-state index in [1.807, 2.05) is 31.3 Å². The molecule has 3 nitrogen and oxygen atoms in total. The summed E-state index contributed by atoms with van der Waals surface area (Å²) in [5.74, 6) is 1.08. The Balaban J connectivity index is 2.60. The summed E-state index contributed by atoms with van der Waals surface area (Å²) in [6.45, 7) is 0. The van der Waals surface area contributed by atoms with Gasteiger partial charge in [0.25, 0.3) is 0 Å². The molecule has 5 heteroatoms. The molecule has 1 unspecified atom stereocenters. The zero-order valence-corrected chi connectivity index (χ0v) is 13.7. The first kappa shape index (κ1) is 15.8. The van der Waals surface area contributed by atoms with Gasteiger partial charge in [-0.3, -0.25) is 0 Å². The van der Waals surface area contributed by atoms with Crippen LogP contribution in [0.25, 0.3) is 0 Å². The van der Waals surface area contributed by atoms with Crippen LogP contribution in [-0.2, 0) is 0 Å². The highest BCUT2D eigenvalue weighted by Crippen LogP contribution is 2.37. The highest BCUT2D eigenvalue weighted by atomic mass is 79.9. The Morgan fingerprint density at radius 2 is 1.71 bits per heavy atom. The summed E-state index contributed by atoms with van der Waals surface area (Å²) in [5.41, 5.74) is 1.62. The third kappa shape index (κ3) is 3.36. The van der Waals surface area contributed by atoms with E-state index in [2.05, 4.69) is 21.2 Å². The number of halogens is 2. The maximum absolute atomic E-state index is 13.7. The Labute approximate surface area is 132 Å². The van der Waals surface area contributed by atoms with Gasteiger partial charge in [-0.25, -0.2) is 4.39 Å². The smallest absolute Gasteiger partial charge is 0.127 e. The predicted octanol–water partition coefficient (Wildman–Crippen LogP) is 3.91. The molecule has 0 aliphatic heterocycles. The molecule has 1 N–H and O–H groups in total. The van der Waals surface area contributed by atoms with Gasteiger partial charge in [0, 0.05) is 4.47 Å². The van der Waals surface area contributed by atoms with E-state index in [0.29, 0.717) is 16.0 Å². The average Bonchev–Trinajstić information content (AvgIpc) is 2.47. The molecule has 0 radical (unpaired) electrons. The third-order valence-corrected chi connectivity index (χ3v) is 3.72. The van der Waals surface area contributed by atoms with Crippen molar-refractivity contribution in [1.82, 2.24) is 5.32 Å². The molecule has 2 aromatic rings. The second kappa shape index (κ2) is 6.91. The molecule has 0 spiro atoms. The lowest BCUT2D eigenvalue weighted by atomic mass is 9.97. The molecule has 0 aliphatic rings. The molecule has 0 aromatic heterocycles. The summed E-state index contributed by atoms with van der Waals surface area (Å²) in [4.78, 5) is 0. The van der Waals surface area contributed by atoms with Crippen molar-refractivity contribution < 1.29 is 13.9 Å². The highest BCUT2D eigenvalue weighted by Gasteiger charge is 2.22. The number of ether oxygens (including phenoxy) is 2. The van der Waals surface area contributed by atoms with E-state index in [-0.39, 0.29) is 11.9 Å². The monoisotopic (exact) mass is 353 g/mol. The van der Waals surface area contributed by atoms with Gasteiger partial charge in [-0.1, -0.05) is 22.0 Å². The van der Waals surface area contributed by atoms with Crippen molar-refractivity contribution in [2.24, 2.45) is 0 Å². The molecule has 1 atom stereocenters. The average molecular weight is 354 g/mol. The zero-order chi connectivity index (χ0) is 15.4. The van der Waals surface area contributed by atoms with Crippen LogP contribution in [-0.4, -0.2) is 21.3 Å². The van der Waals surface area contributed by atoms with Gasteiger partial charge in [-0.15, -0.1) is 0 Å². The molecule has 2 rings (SSSR count). The number of methoxy groups -OCH3 is 2. The van der Waals surface area contributed by atoms with Crippen LogP contribution in [0.3, 0.4) is 0 Å². The number of benzene rings is 2. The summed E-state index contributed by atoms with van der Waals surface area (Å²) in [6, 6.07) is 10.1. The fourth-order valence-electron chi connectivity index (χ4n) is 2.38. The van der Waals surface area contributed by atoms with Gasteiger partial charge in [0.15, 0.2) is 0 Å². The van der Waals surface area contributed by atoms with Gasteiger partial charge >= 0.3 is 0 Å². The van der Waals surface area contributed by atoms with Crippen LogP contribution in [0.4, 0.5) is 4.39 Å². The number of rotatable bonds is 5. The molecule has 0 aliphatic carbocycles. The van der Waals surface area contributed by atoms with Gasteiger partial charge in [0.1, 0.15) is 17.3 Å². The lowest BCUT2D eigenvalue weighted by Gasteiger charge is -2.22. The quantitative estimate of drug-likeness (QED) is 0.883. The Morgan fingerprint density at radius 1 is 1.10 bits per heavy atom. The van der Waals surface area contributed by atoms with Crippen molar-refractivity contribution in [1.29, 1.82) is 0 Å². The van der Waals surface area contributed by atoms with Crippen LogP contribution >= 0.6 is 15.9 Å². The predicted molar refractivity (Wildman–Crippen MR) is 84.5 cm³/mol. The van der Waals surface area contributed by atoms with Gasteiger partial charge in [-0.2, -0.15) is 0 Å². The van der Waals surface area contributed by atoms with Crippen LogP contribution < -0.4 is 14.8 Å². The first-order valence-corrected chi connectivity index (χ1v) is 7.24. The van der Waals surface area contributed by atoms with E-state index in [1.165, 1.54) is 12.1 Å². The Morgan fingerprint density at radius 3 is 2.19 bits per heavy atom. The SMILES string of the molecule is CNC(c1cc(F)cc(Br)c1)c1c(OC)cccc1OC. The molecule has 112 valence electrons. The summed E-state index contributed by atoms with van der Waals surface area (Å²) in [6.07, 6.45) is 0. The number of hydrogen-bond acceptors (Lipinski definition) is 3. The summed E-state index contributed by atoms with van der Waals surface area (Å²) in [5, 5.41) is 3.19. The Kier molecular flexibility index (Phi) is 5.20. The molecule has 0 bridgehead atoms. The lowest BCUT2D eigenvalue weighted by Crippen LogP contribution is -2.19. The molecule has 21 heavy (non-hydrogen) atoms. The minimum absolute atomic E-state index is 0.247. The maximum Gasteiger partial charge on any atom is 0.127 e. The third-order valence-electron chi connectivity index (χ3n) is 3.26.